The summed E-state index contributed by atoms with van der Waals surface area (Å²) in [5, 5.41) is 5.52. The highest BCUT2D eigenvalue weighted by Crippen LogP contribution is 2.33. The van der Waals surface area contributed by atoms with Crippen molar-refractivity contribution >= 4 is 23.2 Å². The number of fused-ring (bicyclic) bond motifs is 1. The van der Waals surface area contributed by atoms with E-state index in [0.29, 0.717) is 18.2 Å². The minimum absolute atomic E-state index is 0.139. The van der Waals surface area contributed by atoms with Gasteiger partial charge in [0.2, 0.25) is 5.91 Å². The van der Waals surface area contributed by atoms with Gasteiger partial charge in [0.05, 0.1) is 18.8 Å². The molecule has 0 aliphatic carbocycles. The Morgan fingerprint density at radius 2 is 1.85 bits per heavy atom. The maximum atomic E-state index is 12.6. The molecule has 2 aromatic carbocycles. The fourth-order valence-corrected chi connectivity index (χ4v) is 3.08. The van der Waals surface area contributed by atoms with Gasteiger partial charge in [-0.2, -0.15) is 0 Å². The molecular weight excluding hydrogens is 342 g/mol. The second-order valence-electron chi connectivity index (χ2n) is 6.89. The van der Waals surface area contributed by atoms with Crippen LogP contribution in [0.4, 0.5) is 11.4 Å². The summed E-state index contributed by atoms with van der Waals surface area (Å²) in [6.07, 6.45) is -0.650. The molecule has 1 aliphatic rings. The van der Waals surface area contributed by atoms with Gasteiger partial charge in [0.1, 0.15) is 5.75 Å². The summed E-state index contributed by atoms with van der Waals surface area (Å²) in [6.45, 7) is 4.72. The van der Waals surface area contributed by atoms with Gasteiger partial charge >= 0.3 is 0 Å². The quantitative estimate of drug-likeness (QED) is 0.853. The highest BCUT2D eigenvalue weighted by Gasteiger charge is 2.30. The molecule has 3 rings (SSSR count). The minimum Gasteiger partial charge on any atom is -0.477 e. The number of benzene rings is 2. The average molecular weight is 367 g/mol. The highest BCUT2D eigenvalue weighted by atomic mass is 16.5. The molecule has 2 amide bonds. The summed E-state index contributed by atoms with van der Waals surface area (Å²) in [5.41, 5.74) is 2.79. The summed E-state index contributed by atoms with van der Waals surface area (Å²) < 4.78 is 5.76. The molecule has 0 bridgehead atoms. The first kappa shape index (κ1) is 18.8. The third-order valence-corrected chi connectivity index (χ3v) is 4.60. The summed E-state index contributed by atoms with van der Waals surface area (Å²) in [4.78, 5) is 26.5. The molecule has 2 N–H and O–H groups in total. The predicted octanol–water partition coefficient (Wildman–Crippen LogP) is 2.76. The number of rotatable bonds is 5. The molecule has 0 spiro atoms. The van der Waals surface area contributed by atoms with Crippen molar-refractivity contribution in [3.05, 3.63) is 54.1 Å². The highest BCUT2D eigenvalue weighted by molar-refractivity contribution is 5.95. The Balaban J connectivity index is 1.71. The zero-order valence-electron chi connectivity index (χ0n) is 15.9. The van der Waals surface area contributed by atoms with Gasteiger partial charge in [0, 0.05) is 12.7 Å². The number of nitrogens with zero attached hydrogens (tertiary/aromatic N) is 1. The molecule has 0 saturated carbocycles. The Hall–Kier alpha value is -3.02. The summed E-state index contributed by atoms with van der Waals surface area (Å²) in [7, 11) is 1.57. The number of nitrogens with one attached hydrogen (secondary N) is 2. The molecule has 0 saturated heterocycles. The molecule has 0 fully saturated rings. The van der Waals surface area contributed by atoms with Crippen molar-refractivity contribution < 1.29 is 14.3 Å². The molecule has 0 radical (unpaired) electrons. The van der Waals surface area contributed by atoms with Gasteiger partial charge in [0.25, 0.3) is 5.91 Å². The van der Waals surface area contributed by atoms with Gasteiger partial charge in [-0.15, -0.1) is 0 Å². The van der Waals surface area contributed by atoms with Crippen molar-refractivity contribution in [1.82, 2.24) is 5.32 Å². The number of carbonyl (C=O) groups excluding carboxylic acids is 2. The van der Waals surface area contributed by atoms with Crippen LogP contribution in [0.15, 0.2) is 48.5 Å². The third kappa shape index (κ3) is 4.39. The van der Waals surface area contributed by atoms with Crippen LogP contribution in [0.25, 0.3) is 0 Å². The average Bonchev–Trinajstić information content (AvgIpc) is 2.67. The number of para-hydroxylation sites is 2. The number of ether oxygens (including phenoxy) is 1. The first-order chi connectivity index (χ1) is 13.0. The lowest BCUT2D eigenvalue weighted by atomic mass is 10.0. The second-order valence-corrected chi connectivity index (χ2v) is 6.89. The Labute approximate surface area is 159 Å². The Morgan fingerprint density at radius 3 is 2.52 bits per heavy atom. The standard InChI is InChI=1S/C21H25N3O3/c1-14(2)15-8-10-16(11-9-15)23-20(25)13-24-12-19(21(26)22-3)27-18-7-5-4-6-17(18)24/h4-11,14,19H,12-13H2,1-3H3,(H,22,26)(H,23,25)/t19-/m0/s1. The van der Waals surface area contributed by atoms with Crippen LogP contribution in [0.3, 0.4) is 0 Å². The number of hydrogen-bond donors (Lipinski definition) is 2. The van der Waals surface area contributed by atoms with Crippen molar-refractivity contribution in [2.45, 2.75) is 25.9 Å². The van der Waals surface area contributed by atoms with Gasteiger partial charge in [-0.1, -0.05) is 38.1 Å². The molecule has 6 nitrogen and oxygen atoms in total. The lowest BCUT2D eigenvalue weighted by Crippen LogP contribution is -2.50. The number of likely N-dealkylation sites (N-methyl/N-ethyl adjacent to an activating group) is 1. The topological polar surface area (TPSA) is 70.7 Å². The van der Waals surface area contributed by atoms with E-state index in [0.717, 1.165) is 11.4 Å². The van der Waals surface area contributed by atoms with Crippen molar-refractivity contribution in [3.8, 4) is 5.75 Å². The predicted molar refractivity (Wildman–Crippen MR) is 106 cm³/mol. The van der Waals surface area contributed by atoms with Crippen LogP contribution in [0.5, 0.6) is 5.75 Å². The van der Waals surface area contributed by atoms with Gasteiger partial charge in [0.15, 0.2) is 6.10 Å². The van der Waals surface area contributed by atoms with E-state index in [4.69, 9.17) is 4.74 Å². The first-order valence-electron chi connectivity index (χ1n) is 9.10. The number of amides is 2. The maximum absolute atomic E-state index is 12.6. The minimum atomic E-state index is -0.650. The van der Waals surface area contributed by atoms with Crippen molar-refractivity contribution in [3.63, 3.8) is 0 Å². The number of carbonyl (C=O) groups is 2. The molecule has 0 unspecified atom stereocenters. The molecule has 1 atom stereocenters. The smallest absolute Gasteiger partial charge is 0.262 e. The van der Waals surface area contributed by atoms with Gasteiger partial charge in [-0.3, -0.25) is 9.59 Å². The van der Waals surface area contributed by atoms with E-state index in [1.165, 1.54) is 5.56 Å². The van der Waals surface area contributed by atoms with E-state index in [2.05, 4.69) is 24.5 Å². The van der Waals surface area contributed by atoms with Crippen LogP contribution in [-0.2, 0) is 9.59 Å². The Kier molecular flexibility index (Phi) is 5.64. The second kappa shape index (κ2) is 8.12. The van der Waals surface area contributed by atoms with Crippen molar-refractivity contribution in [1.29, 1.82) is 0 Å². The normalized spacial score (nSPS) is 15.7. The lowest BCUT2D eigenvalue weighted by Gasteiger charge is -2.35. The summed E-state index contributed by atoms with van der Waals surface area (Å²) in [6, 6.07) is 15.3. The van der Waals surface area contributed by atoms with Crippen LogP contribution >= 0.6 is 0 Å². The van der Waals surface area contributed by atoms with Crippen LogP contribution in [-0.4, -0.2) is 38.1 Å². The fourth-order valence-electron chi connectivity index (χ4n) is 3.08. The van der Waals surface area contributed by atoms with E-state index < -0.39 is 6.10 Å². The van der Waals surface area contributed by atoms with Crippen molar-refractivity contribution in [2.75, 3.05) is 30.4 Å². The molecule has 142 valence electrons. The monoisotopic (exact) mass is 367 g/mol. The Morgan fingerprint density at radius 1 is 1.15 bits per heavy atom. The SMILES string of the molecule is CNC(=O)[C@@H]1CN(CC(=O)Nc2ccc(C(C)C)cc2)c2ccccc2O1. The van der Waals surface area contributed by atoms with E-state index >= 15 is 0 Å². The van der Waals surface area contributed by atoms with Gasteiger partial charge < -0.3 is 20.3 Å². The lowest BCUT2D eigenvalue weighted by molar-refractivity contribution is -0.127. The van der Waals surface area contributed by atoms with Crippen LogP contribution in [0.2, 0.25) is 0 Å². The third-order valence-electron chi connectivity index (χ3n) is 4.60. The summed E-state index contributed by atoms with van der Waals surface area (Å²) in [5.74, 6) is 0.700. The zero-order chi connectivity index (χ0) is 19.4. The molecule has 1 heterocycles. The molecule has 2 aromatic rings. The van der Waals surface area contributed by atoms with Gasteiger partial charge in [-0.25, -0.2) is 0 Å². The first-order valence-corrected chi connectivity index (χ1v) is 9.10. The molecule has 1 aliphatic heterocycles. The molecule has 0 aromatic heterocycles. The van der Waals surface area contributed by atoms with E-state index in [1.807, 2.05) is 47.4 Å². The molecular formula is C21H25N3O3. The fraction of sp³-hybridized carbons (Fsp3) is 0.333. The zero-order valence-corrected chi connectivity index (χ0v) is 15.9. The molecule has 27 heavy (non-hydrogen) atoms. The Bertz CT molecular complexity index is 818. The number of hydrogen-bond acceptors (Lipinski definition) is 4. The summed E-state index contributed by atoms with van der Waals surface area (Å²) >= 11 is 0. The van der Waals surface area contributed by atoms with Gasteiger partial charge in [-0.05, 0) is 35.7 Å². The van der Waals surface area contributed by atoms with Crippen LogP contribution in [0, 0.1) is 0 Å². The van der Waals surface area contributed by atoms with E-state index in [-0.39, 0.29) is 18.4 Å². The van der Waals surface area contributed by atoms with E-state index in [9.17, 15) is 9.59 Å². The number of anilines is 2. The van der Waals surface area contributed by atoms with Crippen LogP contribution in [0.1, 0.15) is 25.3 Å². The van der Waals surface area contributed by atoms with Crippen molar-refractivity contribution in [2.24, 2.45) is 0 Å². The maximum Gasteiger partial charge on any atom is 0.262 e. The van der Waals surface area contributed by atoms with E-state index in [1.54, 1.807) is 13.1 Å². The van der Waals surface area contributed by atoms with Crippen LogP contribution < -0.4 is 20.3 Å². The molecule has 6 heteroatoms. The largest absolute Gasteiger partial charge is 0.477 e.